The summed E-state index contributed by atoms with van der Waals surface area (Å²) < 4.78 is 0. The van der Waals surface area contributed by atoms with Gasteiger partial charge < -0.3 is 9.80 Å². The molecule has 6 heteroatoms. The van der Waals surface area contributed by atoms with Crippen molar-refractivity contribution >= 4 is 29.0 Å². The van der Waals surface area contributed by atoms with Crippen molar-refractivity contribution in [1.82, 2.24) is 14.9 Å². The largest absolute Gasteiger partial charge is 0.355 e. The standard InChI is InChI=1S/C25H26Cl2N4/c26-20-7-3-18(4-8-20)24-25(19-5-9-21(27)10-6-19)29-23(17-28-24)31-15-11-22(12-16-31)30-13-1-2-14-30/h3-10,17,22H,1-2,11-16H2. The van der Waals surface area contributed by atoms with E-state index in [9.17, 15) is 0 Å². The van der Waals surface area contributed by atoms with Crippen LogP contribution in [0, 0.1) is 0 Å². The van der Waals surface area contributed by atoms with Gasteiger partial charge in [0.25, 0.3) is 0 Å². The SMILES string of the molecule is Clc1ccc(-c2ncc(N3CCC(N4CCCC4)CC3)nc2-c2ccc(Cl)cc2)cc1. The molecule has 0 spiro atoms. The van der Waals surface area contributed by atoms with Crippen LogP contribution in [0.15, 0.2) is 54.7 Å². The van der Waals surface area contributed by atoms with Crippen molar-refractivity contribution in [1.29, 1.82) is 0 Å². The van der Waals surface area contributed by atoms with Crippen LogP contribution < -0.4 is 4.90 Å². The van der Waals surface area contributed by atoms with E-state index in [0.717, 1.165) is 47.5 Å². The summed E-state index contributed by atoms with van der Waals surface area (Å²) in [6, 6.07) is 16.3. The van der Waals surface area contributed by atoms with Crippen LogP contribution in [0.4, 0.5) is 5.82 Å². The Labute approximate surface area is 193 Å². The van der Waals surface area contributed by atoms with Crippen LogP contribution in [-0.4, -0.2) is 47.1 Å². The van der Waals surface area contributed by atoms with E-state index in [4.69, 9.17) is 33.2 Å². The fourth-order valence-electron chi connectivity index (χ4n) is 4.73. The van der Waals surface area contributed by atoms with Crippen molar-refractivity contribution in [2.75, 3.05) is 31.1 Å². The Morgan fingerprint density at radius 2 is 1.26 bits per heavy atom. The summed E-state index contributed by atoms with van der Waals surface area (Å²) in [5, 5.41) is 1.42. The minimum atomic E-state index is 0.710. The van der Waals surface area contributed by atoms with Crippen molar-refractivity contribution in [2.45, 2.75) is 31.7 Å². The molecule has 0 saturated carbocycles. The molecule has 3 aromatic rings. The zero-order valence-corrected chi connectivity index (χ0v) is 19.0. The van der Waals surface area contributed by atoms with E-state index in [-0.39, 0.29) is 0 Å². The summed E-state index contributed by atoms with van der Waals surface area (Å²) in [6.45, 7) is 4.58. The first-order chi connectivity index (χ1) is 15.2. The molecule has 3 heterocycles. The fourth-order valence-corrected chi connectivity index (χ4v) is 4.98. The molecular formula is C25H26Cl2N4. The molecule has 2 aromatic carbocycles. The molecule has 0 radical (unpaired) electrons. The third-order valence-electron chi connectivity index (χ3n) is 6.44. The van der Waals surface area contributed by atoms with Crippen molar-refractivity contribution in [3.63, 3.8) is 0 Å². The smallest absolute Gasteiger partial charge is 0.147 e. The van der Waals surface area contributed by atoms with Crippen molar-refractivity contribution in [3.05, 3.63) is 64.8 Å². The van der Waals surface area contributed by atoms with E-state index < -0.39 is 0 Å². The Hall–Kier alpha value is -2.14. The summed E-state index contributed by atoms with van der Waals surface area (Å²) in [5.41, 5.74) is 3.74. The van der Waals surface area contributed by atoms with Gasteiger partial charge in [0, 0.05) is 40.3 Å². The van der Waals surface area contributed by atoms with Gasteiger partial charge in [-0.3, -0.25) is 4.98 Å². The van der Waals surface area contributed by atoms with Gasteiger partial charge in [-0.15, -0.1) is 0 Å². The van der Waals surface area contributed by atoms with Gasteiger partial charge in [-0.25, -0.2) is 4.98 Å². The highest BCUT2D eigenvalue weighted by atomic mass is 35.5. The summed E-state index contributed by atoms with van der Waals surface area (Å²) in [6.07, 6.45) is 7.00. The number of likely N-dealkylation sites (tertiary alicyclic amines) is 1. The lowest BCUT2D eigenvalue weighted by Gasteiger charge is -2.37. The number of anilines is 1. The van der Waals surface area contributed by atoms with Gasteiger partial charge in [0.15, 0.2) is 0 Å². The Balaban J connectivity index is 1.45. The molecule has 0 unspecified atom stereocenters. The van der Waals surface area contributed by atoms with Gasteiger partial charge in [-0.1, -0.05) is 47.5 Å². The fraction of sp³-hybridized carbons (Fsp3) is 0.360. The third-order valence-corrected chi connectivity index (χ3v) is 6.94. The number of hydrogen-bond donors (Lipinski definition) is 0. The average Bonchev–Trinajstić information content (AvgIpc) is 3.35. The Bertz CT molecular complexity index is 1020. The number of piperidine rings is 1. The van der Waals surface area contributed by atoms with Crippen LogP contribution in [0.3, 0.4) is 0 Å². The van der Waals surface area contributed by atoms with Crippen molar-refractivity contribution < 1.29 is 0 Å². The van der Waals surface area contributed by atoms with Crippen molar-refractivity contribution in [3.8, 4) is 22.5 Å². The molecule has 5 rings (SSSR count). The zero-order valence-electron chi connectivity index (χ0n) is 17.5. The highest BCUT2D eigenvalue weighted by molar-refractivity contribution is 6.31. The van der Waals surface area contributed by atoms with E-state index in [2.05, 4.69) is 9.80 Å². The van der Waals surface area contributed by atoms with Crippen LogP contribution in [0.1, 0.15) is 25.7 Å². The number of benzene rings is 2. The summed E-state index contributed by atoms with van der Waals surface area (Å²) >= 11 is 12.2. The lowest BCUT2D eigenvalue weighted by molar-refractivity contribution is 0.207. The number of halogens is 2. The third kappa shape index (κ3) is 4.57. The van der Waals surface area contributed by atoms with E-state index >= 15 is 0 Å². The predicted octanol–water partition coefficient (Wildman–Crippen LogP) is 6.18. The molecule has 2 aliphatic rings. The van der Waals surface area contributed by atoms with Crippen LogP contribution in [-0.2, 0) is 0 Å². The molecule has 160 valence electrons. The monoisotopic (exact) mass is 452 g/mol. The first kappa shape index (κ1) is 20.7. The Morgan fingerprint density at radius 1 is 0.710 bits per heavy atom. The minimum Gasteiger partial charge on any atom is -0.355 e. The quantitative estimate of drug-likeness (QED) is 0.472. The van der Waals surface area contributed by atoms with Gasteiger partial charge >= 0.3 is 0 Å². The maximum absolute atomic E-state index is 6.13. The molecule has 0 aliphatic carbocycles. The molecule has 1 aromatic heterocycles. The normalized spacial score (nSPS) is 17.9. The van der Waals surface area contributed by atoms with Gasteiger partial charge in [-0.2, -0.15) is 0 Å². The molecular weight excluding hydrogens is 427 g/mol. The van der Waals surface area contributed by atoms with Gasteiger partial charge in [0.2, 0.25) is 0 Å². The molecule has 2 aliphatic heterocycles. The lowest BCUT2D eigenvalue weighted by Crippen LogP contribution is -2.44. The summed E-state index contributed by atoms with van der Waals surface area (Å²) in [4.78, 5) is 15.0. The maximum atomic E-state index is 6.13. The second-order valence-corrected chi connectivity index (χ2v) is 9.27. The molecule has 0 bridgehead atoms. The van der Waals surface area contributed by atoms with E-state index in [1.54, 1.807) is 0 Å². The highest BCUT2D eigenvalue weighted by Crippen LogP contribution is 2.33. The molecule has 0 atom stereocenters. The van der Waals surface area contributed by atoms with Gasteiger partial charge in [0.1, 0.15) is 5.82 Å². The first-order valence-corrected chi connectivity index (χ1v) is 11.8. The van der Waals surface area contributed by atoms with E-state index in [1.807, 2.05) is 54.7 Å². The van der Waals surface area contributed by atoms with E-state index in [0.29, 0.717) is 10.0 Å². The first-order valence-electron chi connectivity index (χ1n) is 11.1. The maximum Gasteiger partial charge on any atom is 0.147 e. The van der Waals surface area contributed by atoms with Crippen LogP contribution in [0.5, 0.6) is 0 Å². The number of hydrogen-bond acceptors (Lipinski definition) is 4. The molecule has 31 heavy (non-hydrogen) atoms. The van der Waals surface area contributed by atoms with Gasteiger partial charge in [0.05, 0.1) is 17.6 Å². The van der Waals surface area contributed by atoms with E-state index in [1.165, 1.54) is 38.8 Å². The zero-order chi connectivity index (χ0) is 21.2. The minimum absolute atomic E-state index is 0.710. The molecule has 0 N–H and O–H groups in total. The van der Waals surface area contributed by atoms with Crippen molar-refractivity contribution in [2.24, 2.45) is 0 Å². The topological polar surface area (TPSA) is 32.3 Å². The average molecular weight is 453 g/mol. The van der Waals surface area contributed by atoms with Crippen LogP contribution in [0.25, 0.3) is 22.5 Å². The molecule has 2 saturated heterocycles. The molecule has 0 amide bonds. The lowest BCUT2D eigenvalue weighted by atomic mass is 10.0. The number of aromatic nitrogens is 2. The molecule has 4 nitrogen and oxygen atoms in total. The second kappa shape index (κ2) is 9.15. The predicted molar refractivity (Wildman–Crippen MR) is 129 cm³/mol. The van der Waals surface area contributed by atoms with Crippen LogP contribution in [0.2, 0.25) is 10.0 Å². The van der Waals surface area contributed by atoms with Gasteiger partial charge in [-0.05, 0) is 63.0 Å². The number of nitrogens with zero attached hydrogens (tertiary/aromatic N) is 4. The Morgan fingerprint density at radius 3 is 1.84 bits per heavy atom. The number of rotatable bonds is 4. The highest BCUT2D eigenvalue weighted by Gasteiger charge is 2.27. The molecule has 2 fully saturated rings. The summed E-state index contributed by atoms with van der Waals surface area (Å²) in [5.74, 6) is 0.947. The summed E-state index contributed by atoms with van der Waals surface area (Å²) in [7, 11) is 0. The Kier molecular flexibility index (Phi) is 6.13. The second-order valence-electron chi connectivity index (χ2n) is 8.40. The van der Waals surface area contributed by atoms with Crippen LogP contribution >= 0.6 is 23.2 Å².